The summed E-state index contributed by atoms with van der Waals surface area (Å²) in [6.45, 7) is 4.35. The molecule has 1 atom stereocenters. The van der Waals surface area contributed by atoms with Crippen LogP contribution in [0.3, 0.4) is 0 Å². The fourth-order valence-corrected chi connectivity index (χ4v) is 2.82. The normalized spacial score (nSPS) is 35.7. The fraction of sp³-hybridized carbons (Fsp3) is 0.923. The van der Waals surface area contributed by atoms with Crippen LogP contribution < -0.4 is 10.6 Å². The Morgan fingerprint density at radius 1 is 1.19 bits per heavy atom. The van der Waals surface area contributed by atoms with Gasteiger partial charge in [0, 0.05) is 18.5 Å². The van der Waals surface area contributed by atoms with Crippen molar-refractivity contribution in [3.05, 3.63) is 0 Å². The molecule has 0 aromatic heterocycles. The first-order valence-corrected chi connectivity index (χ1v) is 6.77. The molecule has 3 nitrogen and oxygen atoms in total. The monoisotopic (exact) mass is 224 g/mol. The Morgan fingerprint density at radius 3 is 2.56 bits per heavy atom. The second-order valence-corrected chi connectivity index (χ2v) is 5.51. The van der Waals surface area contributed by atoms with E-state index >= 15 is 0 Å². The van der Waals surface area contributed by atoms with Gasteiger partial charge in [0.15, 0.2) is 0 Å². The molecular formula is C13H24N2O. The molecule has 3 heteroatoms. The highest BCUT2D eigenvalue weighted by Crippen LogP contribution is 2.28. The van der Waals surface area contributed by atoms with Crippen LogP contribution in [0, 0.1) is 11.8 Å². The van der Waals surface area contributed by atoms with Crippen LogP contribution in [0.15, 0.2) is 0 Å². The lowest BCUT2D eigenvalue weighted by Gasteiger charge is -2.29. The number of hydrogen-bond donors (Lipinski definition) is 2. The summed E-state index contributed by atoms with van der Waals surface area (Å²) in [5, 5.41) is 6.54. The van der Waals surface area contributed by atoms with Gasteiger partial charge in [0.05, 0.1) is 0 Å². The zero-order valence-electron chi connectivity index (χ0n) is 10.3. The molecule has 0 aromatic carbocycles. The second-order valence-electron chi connectivity index (χ2n) is 5.51. The number of nitrogens with one attached hydrogen (secondary N) is 2. The molecule has 92 valence electrons. The van der Waals surface area contributed by atoms with Gasteiger partial charge in [-0.2, -0.15) is 0 Å². The van der Waals surface area contributed by atoms with Crippen molar-refractivity contribution in [2.24, 2.45) is 11.8 Å². The molecule has 1 heterocycles. The molecule has 1 amide bonds. The van der Waals surface area contributed by atoms with Gasteiger partial charge in [-0.25, -0.2) is 0 Å². The zero-order chi connectivity index (χ0) is 11.4. The first-order chi connectivity index (χ1) is 7.75. The molecule has 1 aliphatic heterocycles. The van der Waals surface area contributed by atoms with Crippen LogP contribution in [0.4, 0.5) is 0 Å². The lowest BCUT2D eigenvalue weighted by atomic mass is 9.82. The summed E-state index contributed by atoms with van der Waals surface area (Å²) in [4.78, 5) is 12.0. The highest BCUT2D eigenvalue weighted by molar-refractivity contribution is 5.79. The Bertz CT molecular complexity index is 228. The Hall–Kier alpha value is -0.570. The van der Waals surface area contributed by atoms with Crippen molar-refractivity contribution in [3.8, 4) is 0 Å². The van der Waals surface area contributed by atoms with Gasteiger partial charge in [0.25, 0.3) is 0 Å². The average molecular weight is 224 g/mol. The number of carbonyl (C=O) groups is 1. The number of piperidine rings is 1. The number of hydrogen-bond acceptors (Lipinski definition) is 2. The minimum absolute atomic E-state index is 0.290. The maximum absolute atomic E-state index is 12.0. The molecule has 2 rings (SSSR count). The Kier molecular flexibility index (Phi) is 4.22. The van der Waals surface area contributed by atoms with Crippen LogP contribution in [-0.2, 0) is 4.79 Å². The molecule has 0 radical (unpaired) electrons. The Labute approximate surface area is 98.4 Å². The summed E-state index contributed by atoms with van der Waals surface area (Å²) < 4.78 is 0. The summed E-state index contributed by atoms with van der Waals surface area (Å²) >= 11 is 0. The number of carbonyl (C=O) groups excluding carboxylic acids is 1. The van der Waals surface area contributed by atoms with Gasteiger partial charge < -0.3 is 10.6 Å². The van der Waals surface area contributed by atoms with Gasteiger partial charge in [0.2, 0.25) is 5.91 Å². The molecule has 16 heavy (non-hydrogen) atoms. The smallest absolute Gasteiger partial charge is 0.223 e. The van der Waals surface area contributed by atoms with Crippen LogP contribution in [0.5, 0.6) is 0 Å². The van der Waals surface area contributed by atoms with E-state index in [1.165, 1.54) is 19.3 Å². The van der Waals surface area contributed by atoms with E-state index < -0.39 is 0 Å². The molecule has 1 saturated heterocycles. The van der Waals surface area contributed by atoms with E-state index in [1.54, 1.807) is 0 Å². The van der Waals surface area contributed by atoms with E-state index in [-0.39, 0.29) is 5.92 Å². The standard InChI is InChI=1S/C13H24N2O/c1-10-4-6-11(7-5-10)13(16)15-12-3-2-8-14-9-12/h10-12,14H,2-9H2,1H3,(H,15,16)/t10?,11?,12-/m1/s1. The maximum atomic E-state index is 12.0. The van der Waals surface area contributed by atoms with Crippen molar-refractivity contribution in [2.75, 3.05) is 13.1 Å². The topological polar surface area (TPSA) is 41.1 Å². The Morgan fingerprint density at radius 2 is 1.94 bits per heavy atom. The van der Waals surface area contributed by atoms with E-state index in [4.69, 9.17) is 0 Å². The minimum atomic E-state index is 0.290. The lowest BCUT2D eigenvalue weighted by Crippen LogP contribution is -2.47. The van der Waals surface area contributed by atoms with E-state index in [0.29, 0.717) is 11.9 Å². The molecular weight excluding hydrogens is 200 g/mol. The van der Waals surface area contributed by atoms with Gasteiger partial charge in [-0.15, -0.1) is 0 Å². The Balaban J connectivity index is 1.74. The molecule has 1 aliphatic carbocycles. The highest BCUT2D eigenvalue weighted by atomic mass is 16.1. The summed E-state index contributed by atoms with van der Waals surface area (Å²) in [6.07, 6.45) is 6.96. The largest absolute Gasteiger partial charge is 0.352 e. The van der Waals surface area contributed by atoms with Gasteiger partial charge in [-0.05, 0) is 51.0 Å². The summed E-state index contributed by atoms with van der Waals surface area (Å²) in [5.74, 6) is 1.42. The lowest BCUT2D eigenvalue weighted by molar-refractivity contribution is -0.127. The SMILES string of the molecule is CC1CCC(C(=O)N[C@@H]2CCCNC2)CC1. The average Bonchev–Trinajstić information content (AvgIpc) is 2.31. The third-order valence-electron chi connectivity index (χ3n) is 4.03. The highest BCUT2D eigenvalue weighted by Gasteiger charge is 2.26. The fourth-order valence-electron chi connectivity index (χ4n) is 2.82. The summed E-state index contributed by atoms with van der Waals surface area (Å²) in [7, 11) is 0. The molecule has 2 aliphatic rings. The van der Waals surface area contributed by atoms with Crippen LogP contribution >= 0.6 is 0 Å². The van der Waals surface area contributed by atoms with Gasteiger partial charge in [-0.3, -0.25) is 4.79 Å². The van der Waals surface area contributed by atoms with Crippen LogP contribution in [0.25, 0.3) is 0 Å². The van der Waals surface area contributed by atoms with Crippen molar-refractivity contribution >= 4 is 5.91 Å². The zero-order valence-corrected chi connectivity index (χ0v) is 10.3. The number of rotatable bonds is 2. The third-order valence-corrected chi connectivity index (χ3v) is 4.03. The van der Waals surface area contributed by atoms with Crippen molar-refractivity contribution in [3.63, 3.8) is 0 Å². The molecule has 0 bridgehead atoms. The summed E-state index contributed by atoms with van der Waals surface area (Å²) in [6, 6.07) is 0.376. The molecule has 2 fully saturated rings. The molecule has 0 unspecified atom stereocenters. The number of amides is 1. The predicted molar refractivity (Wildman–Crippen MR) is 65.2 cm³/mol. The quantitative estimate of drug-likeness (QED) is 0.749. The van der Waals surface area contributed by atoms with E-state index in [1.807, 2.05) is 0 Å². The van der Waals surface area contributed by atoms with Gasteiger partial charge in [0.1, 0.15) is 0 Å². The van der Waals surface area contributed by atoms with Crippen LogP contribution in [0.2, 0.25) is 0 Å². The predicted octanol–water partition coefficient (Wildman–Crippen LogP) is 1.68. The van der Waals surface area contributed by atoms with Crippen LogP contribution in [-0.4, -0.2) is 25.0 Å². The molecule has 0 spiro atoms. The maximum Gasteiger partial charge on any atom is 0.223 e. The van der Waals surface area contributed by atoms with Gasteiger partial charge >= 0.3 is 0 Å². The molecule has 2 N–H and O–H groups in total. The molecule has 1 saturated carbocycles. The summed E-state index contributed by atoms with van der Waals surface area (Å²) in [5.41, 5.74) is 0. The van der Waals surface area contributed by atoms with Crippen molar-refractivity contribution in [1.29, 1.82) is 0 Å². The van der Waals surface area contributed by atoms with Crippen molar-refractivity contribution in [2.45, 2.75) is 51.5 Å². The van der Waals surface area contributed by atoms with Crippen molar-refractivity contribution < 1.29 is 4.79 Å². The first kappa shape index (κ1) is 11.9. The van der Waals surface area contributed by atoms with E-state index in [9.17, 15) is 4.79 Å². The van der Waals surface area contributed by atoms with E-state index in [2.05, 4.69) is 17.6 Å². The van der Waals surface area contributed by atoms with E-state index in [0.717, 1.165) is 38.3 Å². The second kappa shape index (κ2) is 5.67. The molecule has 0 aromatic rings. The van der Waals surface area contributed by atoms with Gasteiger partial charge in [-0.1, -0.05) is 6.92 Å². The van der Waals surface area contributed by atoms with Crippen molar-refractivity contribution in [1.82, 2.24) is 10.6 Å². The first-order valence-electron chi connectivity index (χ1n) is 6.77. The third kappa shape index (κ3) is 3.21. The minimum Gasteiger partial charge on any atom is -0.352 e. The van der Waals surface area contributed by atoms with Crippen LogP contribution in [0.1, 0.15) is 45.4 Å².